The topological polar surface area (TPSA) is 41.1 Å². The summed E-state index contributed by atoms with van der Waals surface area (Å²) in [5.74, 6) is 0. The van der Waals surface area contributed by atoms with Crippen molar-refractivity contribution in [3.05, 3.63) is 36.2 Å². The van der Waals surface area contributed by atoms with Crippen molar-refractivity contribution in [2.75, 3.05) is 0 Å². The highest BCUT2D eigenvalue weighted by Crippen LogP contribution is 2.48. The van der Waals surface area contributed by atoms with Crippen LogP contribution in [0.4, 0.5) is 0 Å². The van der Waals surface area contributed by atoms with E-state index in [1.807, 2.05) is 12.4 Å². The van der Waals surface area contributed by atoms with E-state index in [0.717, 1.165) is 23.4 Å². The largest absolute Gasteiger partial charge is 0.290 e. The third kappa shape index (κ3) is 1.12. The van der Waals surface area contributed by atoms with Crippen molar-refractivity contribution in [2.24, 2.45) is 0 Å². The summed E-state index contributed by atoms with van der Waals surface area (Å²) in [6.45, 7) is 0. The molecule has 0 bridgehead atoms. The number of imidazole rings is 1. The molecule has 0 spiro atoms. The van der Waals surface area contributed by atoms with Crippen molar-refractivity contribution >= 4 is 26.5 Å². The van der Waals surface area contributed by atoms with Gasteiger partial charge in [0.1, 0.15) is 0 Å². The number of hydrogen-bond acceptors (Lipinski definition) is 3. The van der Waals surface area contributed by atoms with Gasteiger partial charge in [-0.25, -0.2) is 4.98 Å². The average Bonchev–Trinajstić information content (AvgIpc) is 2.89. The van der Waals surface area contributed by atoms with Crippen LogP contribution in [0.5, 0.6) is 0 Å². The van der Waals surface area contributed by atoms with Gasteiger partial charge in [-0.1, -0.05) is 17.4 Å². The normalized spacial score (nSPS) is 17.4. The Morgan fingerprint density at radius 3 is 3.06 bits per heavy atom. The number of benzene rings is 1. The molecule has 0 unspecified atom stereocenters. The Hall–Kier alpha value is -1.86. The van der Waals surface area contributed by atoms with Gasteiger partial charge in [0, 0.05) is 12.4 Å². The summed E-state index contributed by atoms with van der Waals surface area (Å²) in [4.78, 5) is 5.31. The summed E-state index contributed by atoms with van der Waals surface area (Å²) in [6, 6.07) is 8.79. The van der Waals surface area contributed by atoms with Crippen LogP contribution < -0.4 is 0 Å². The highest BCUT2D eigenvalue weighted by molar-refractivity contribution is 7.23. The third-order valence-corrected chi connectivity index (χ3v) is 4.58. The molecular weight excluding hydrogens is 230 g/mol. The number of fused-ring (bicyclic) bond motifs is 3. The summed E-state index contributed by atoms with van der Waals surface area (Å²) in [5, 5.41) is 9.22. The van der Waals surface area contributed by atoms with Crippen LogP contribution in [-0.2, 0) is 5.41 Å². The number of nitriles is 1. The molecule has 1 fully saturated rings. The van der Waals surface area contributed by atoms with E-state index in [2.05, 4.69) is 33.7 Å². The molecule has 0 N–H and O–H groups in total. The third-order valence-electron chi connectivity index (χ3n) is 3.54. The lowest BCUT2D eigenvalue weighted by atomic mass is 9.98. The molecule has 0 amide bonds. The second-order valence-corrected chi connectivity index (χ2v) is 5.57. The van der Waals surface area contributed by atoms with Gasteiger partial charge in [-0.3, -0.25) is 4.40 Å². The average molecular weight is 239 g/mol. The van der Waals surface area contributed by atoms with Crippen molar-refractivity contribution < 1.29 is 0 Å². The fraction of sp³-hybridized carbons (Fsp3) is 0.231. The smallest absolute Gasteiger partial charge is 0.194 e. The van der Waals surface area contributed by atoms with Crippen molar-refractivity contribution in [1.82, 2.24) is 9.38 Å². The summed E-state index contributed by atoms with van der Waals surface area (Å²) >= 11 is 1.68. The first-order valence-corrected chi connectivity index (χ1v) is 6.41. The minimum absolute atomic E-state index is 0.194. The lowest BCUT2D eigenvalue weighted by Gasteiger charge is -2.05. The summed E-state index contributed by atoms with van der Waals surface area (Å²) in [5.41, 5.74) is 2.15. The molecule has 3 aromatic rings. The van der Waals surface area contributed by atoms with Gasteiger partial charge in [0.15, 0.2) is 4.96 Å². The van der Waals surface area contributed by atoms with Gasteiger partial charge < -0.3 is 0 Å². The van der Waals surface area contributed by atoms with E-state index in [4.69, 9.17) is 0 Å². The van der Waals surface area contributed by atoms with Crippen LogP contribution in [0.2, 0.25) is 0 Å². The van der Waals surface area contributed by atoms with Gasteiger partial charge in [0.2, 0.25) is 0 Å². The molecule has 17 heavy (non-hydrogen) atoms. The Labute approximate surface area is 102 Å². The zero-order valence-corrected chi connectivity index (χ0v) is 9.87. The van der Waals surface area contributed by atoms with Gasteiger partial charge in [0.25, 0.3) is 0 Å². The van der Waals surface area contributed by atoms with E-state index in [1.165, 1.54) is 10.2 Å². The monoisotopic (exact) mass is 239 g/mol. The molecule has 1 aliphatic rings. The Balaban J connectivity index is 2.01. The first-order valence-electron chi connectivity index (χ1n) is 5.60. The van der Waals surface area contributed by atoms with Crippen LogP contribution in [0.15, 0.2) is 30.6 Å². The Bertz CT molecular complexity index is 771. The zero-order chi connectivity index (χ0) is 11.5. The summed E-state index contributed by atoms with van der Waals surface area (Å²) in [7, 11) is 0. The summed E-state index contributed by atoms with van der Waals surface area (Å²) in [6.07, 6.45) is 5.79. The molecule has 1 aliphatic carbocycles. The minimum atomic E-state index is -0.194. The molecule has 4 heteroatoms. The molecular formula is C13H9N3S. The van der Waals surface area contributed by atoms with Crippen LogP contribution in [0.3, 0.4) is 0 Å². The van der Waals surface area contributed by atoms with Crippen LogP contribution >= 0.6 is 11.3 Å². The maximum Gasteiger partial charge on any atom is 0.194 e. The van der Waals surface area contributed by atoms with E-state index in [-0.39, 0.29) is 5.41 Å². The number of thiazole rings is 1. The minimum Gasteiger partial charge on any atom is -0.290 e. The summed E-state index contributed by atoms with van der Waals surface area (Å²) < 4.78 is 3.31. The standard InChI is InChI=1S/C13H9N3S/c14-8-13(3-4-13)9-1-2-10-11(7-9)17-12-15-5-6-16(10)12/h1-2,5-7H,3-4H2. The highest BCUT2D eigenvalue weighted by Gasteiger charge is 2.44. The predicted octanol–water partition coefficient (Wildman–Crippen LogP) is 3.10. The van der Waals surface area contributed by atoms with E-state index < -0.39 is 0 Å². The van der Waals surface area contributed by atoms with Crippen LogP contribution in [-0.4, -0.2) is 9.38 Å². The van der Waals surface area contributed by atoms with E-state index >= 15 is 0 Å². The molecule has 2 heterocycles. The molecule has 1 aromatic carbocycles. The number of nitrogens with zero attached hydrogens (tertiary/aromatic N) is 3. The fourth-order valence-electron chi connectivity index (χ4n) is 2.33. The molecule has 3 nitrogen and oxygen atoms in total. The van der Waals surface area contributed by atoms with Crippen molar-refractivity contribution in [3.63, 3.8) is 0 Å². The van der Waals surface area contributed by atoms with E-state index in [0.29, 0.717) is 0 Å². The number of rotatable bonds is 1. The lowest BCUT2D eigenvalue weighted by Crippen LogP contribution is -2.01. The first kappa shape index (κ1) is 9.20. The molecule has 0 radical (unpaired) electrons. The molecule has 82 valence electrons. The molecule has 2 aromatic heterocycles. The van der Waals surface area contributed by atoms with Crippen molar-refractivity contribution in [1.29, 1.82) is 5.26 Å². The predicted molar refractivity (Wildman–Crippen MR) is 67.1 cm³/mol. The second kappa shape index (κ2) is 2.88. The fourth-order valence-corrected chi connectivity index (χ4v) is 3.35. The van der Waals surface area contributed by atoms with Crippen LogP contribution in [0, 0.1) is 11.3 Å². The van der Waals surface area contributed by atoms with E-state index in [9.17, 15) is 5.26 Å². The van der Waals surface area contributed by atoms with Gasteiger partial charge in [-0.15, -0.1) is 0 Å². The first-order chi connectivity index (χ1) is 8.32. The van der Waals surface area contributed by atoms with Gasteiger partial charge in [0.05, 0.1) is 21.7 Å². The Morgan fingerprint density at radius 1 is 1.41 bits per heavy atom. The SMILES string of the molecule is N#CC1(c2ccc3c(c2)sc2nccn23)CC1. The lowest BCUT2D eigenvalue weighted by molar-refractivity contribution is 0.911. The van der Waals surface area contributed by atoms with Crippen LogP contribution in [0.25, 0.3) is 15.2 Å². The molecule has 0 atom stereocenters. The Morgan fingerprint density at radius 2 is 2.29 bits per heavy atom. The highest BCUT2D eigenvalue weighted by atomic mass is 32.1. The van der Waals surface area contributed by atoms with Crippen molar-refractivity contribution in [2.45, 2.75) is 18.3 Å². The maximum atomic E-state index is 9.22. The van der Waals surface area contributed by atoms with Crippen LogP contribution in [0.1, 0.15) is 18.4 Å². The Kier molecular flexibility index (Phi) is 1.56. The molecule has 0 aliphatic heterocycles. The van der Waals surface area contributed by atoms with Gasteiger partial charge >= 0.3 is 0 Å². The maximum absolute atomic E-state index is 9.22. The van der Waals surface area contributed by atoms with Crippen molar-refractivity contribution in [3.8, 4) is 6.07 Å². The quantitative estimate of drug-likeness (QED) is 0.654. The number of hydrogen-bond donors (Lipinski definition) is 0. The number of aromatic nitrogens is 2. The van der Waals surface area contributed by atoms with Gasteiger partial charge in [-0.05, 0) is 30.5 Å². The molecule has 1 saturated carbocycles. The van der Waals surface area contributed by atoms with Gasteiger partial charge in [-0.2, -0.15) is 5.26 Å². The van der Waals surface area contributed by atoms with E-state index in [1.54, 1.807) is 11.3 Å². The second-order valence-electron chi connectivity index (χ2n) is 4.56. The zero-order valence-electron chi connectivity index (χ0n) is 9.05. The molecule has 4 rings (SSSR count). The molecule has 0 saturated heterocycles.